The Balaban J connectivity index is 1.15. The van der Waals surface area contributed by atoms with Crippen molar-refractivity contribution >= 4 is 65.6 Å². The summed E-state index contributed by atoms with van der Waals surface area (Å²) in [6.45, 7) is 0. The standard InChI is InChI=1S/C48H30N2O/c1-3-12-31(13-4-1)36-18-11-21-47-48(36)41-30-35(24-27-46(41)51-47)50-43-20-10-8-17-38(43)40-29-33(23-26-45(40)50)32-22-25-44-39(28-32)37-16-7-9-19-42(37)49(44)34-14-5-2-6-15-34/h1-30H/i1D,3D,4D,8D,10D,12D,13D,17D,20D. The summed E-state index contributed by atoms with van der Waals surface area (Å²) in [5.74, 6) is 0. The topological polar surface area (TPSA) is 23.0 Å². The van der Waals surface area contributed by atoms with E-state index in [2.05, 4.69) is 47.0 Å². The van der Waals surface area contributed by atoms with Crippen LogP contribution in [0.4, 0.5) is 0 Å². The van der Waals surface area contributed by atoms with Crippen LogP contribution in [0.1, 0.15) is 12.3 Å². The van der Waals surface area contributed by atoms with Gasteiger partial charge >= 0.3 is 0 Å². The third-order valence-electron chi connectivity index (χ3n) is 9.92. The molecule has 0 N–H and O–H groups in total. The first-order valence-electron chi connectivity index (χ1n) is 21.2. The molecule has 3 heterocycles. The van der Waals surface area contributed by atoms with Gasteiger partial charge in [0.1, 0.15) is 11.2 Å². The summed E-state index contributed by atoms with van der Waals surface area (Å²) in [5, 5.41) is 4.40. The molecule has 11 rings (SSSR count). The van der Waals surface area contributed by atoms with Crippen molar-refractivity contribution in [1.82, 2.24) is 9.13 Å². The van der Waals surface area contributed by atoms with Gasteiger partial charge in [0.15, 0.2) is 0 Å². The van der Waals surface area contributed by atoms with Crippen molar-refractivity contribution in [2.75, 3.05) is 0 Å². The second-order valence-electron chi connectivity index (χ2n) is 12.7. The van der Waals surface area contributed by atoms with Crippen molar-refractivity contribution < 1.29 is 16.8 Å². The molecule has 0 aliphatic rings. The molecule has 0 unspecified atom stereocenters. The molecule has 0 fully saturated rings. The third-order valence-corrected chi connectivity index (χ3v) is 9.92. The van der Waals surface area contributed by atoms with Gasteiger partial charge in [-0.25, -0.2) is 0 Å². The van der Waals surface area contributed by atoms with Gasteiger partial charge < -0.3 is 13.6 Å². The first kappa shape index (κ1) is 20.6. The smallest absolute Gasteiger partial charge is 0.136 e. The molecule has 3 aromatic heterocycles. The number of furan rings is 1. The lowest BCUT2D eigenvalue weighted by molar-refractivity contribution is 0.669. The van der Waals surface area contributed by atoms with E-state index in [1.165, 1.54) is 0 Å². The molecule has 11 aromatic rings. The zero-order valence-electron chi connectivity index (χ0n) is 35.9. The van der Waals surface area contributed by atoms with Gasteiger partial charge in [-0.3, -0.25) is 0 Å². The Bertz CT molecular complexity index is 3630. The first-order chi connectivity index (χ1) is 29.0. The minimum atomic E-state index is -0.476. The van der Waals surface area contributed by atoms with Gasteiger partial charge in [-0.15, -0.1) is 0 Å². The SMILES string of the molecule is [2H]c1c([2H])c([2H])c(-c2cccc3oc4ccc(-n5c6ccc(-c7ccc8c(c7)c7ccccc7n8-c7ccccc7)cc6c6c([2H])c([2H])c([2H])c([2H])c65)cc4c23)c([2H])c1[2H]. The Morgan fingerprint density at radius 2 is 1.08 bits per heavy atom. The van der Waals surface area contributed by atoms with Crippen molar-refractivity contribution in [1.29, 1.82) is 0 Å². The van der Waals surface area contributed by atoms with Crippen LogP contribution in [0.5, 0.6) is 0 Å². The molecule has 3 heteroatoms. The number of fused-ring (bicyclic) bond motifs is 9. The van der Waals surface area contributed by atoms with E-state index in [0.717, 1.165) is 38.6 Å². The molecular formula is C48H30N2O. The summed E-state index contributed by atoms with van der Waals surface area (Å²) in [4.78, 5) is 0. The third kappa shape index (κ3) is 4.19. The van der Waals surface area contributed by atoms with Crippen molar-refractivity contribution in [3.63, 3.8) is 0 Å². The number of hydrogen-bond acceptors (Lipinski definition) is 1. The van der Waals surface area contributed by atoms with Crippen LogP contribution in [0.15, 0.2) is 186 Å². The van der Waals surface area contributed by atoms with Crippen molar-refractivity contribution in [2.24, 2.45) is 0 Å². The average molecular weight is 660 g/mol. The monoisotopic (exact) mass is 659 g/mol. The fraction of sp³-hybridized carbons (Fsp3) is 0. The summed E-state index contributed by atoms with van der Waals surface area (Å²) >= 11 is 0. The van der Waals surface area contributed by atoms with Crippen molar-refractivity contribution in [2.45, 2.75) is 0 Å². The van der Waals surface area contributed by atoms with E-state index in [0.29, 0.717) is 55.0 Å². The van der Waals surface area contributed by atoms with E-state index in [-0.39, 0.29) is 41.8 Å². The lowest BCUT2D eigenvalue weighted by Crippen LogP contribution is -1.93. The van der Waals surface area contributed by atoms with Crippen LogP contribution < -0.4 is 0 Å². The zero-order valence-corrected chi connectivity index (χ0v) is 26.9. The minimum Gasteiger partial charge on any atom is -0.456 e. The summed E-state index contributed by atoms with van der Waals surface area (Å²) < 4.78 is 88.4. The number of aromatic nitrogens is 2. The highest BCUT2D eigenvalue weighted by Crippen LogP contribution is 2.41. The van der Waals surface area contributed by atoms with Crippen LogP contribution in [0.2, 0.25) is 0 Å². The maximum atomic E-state index is 9.20. The van der Waals surface area contributed by atoms with Crippen molar-refractivity contribution in [3.05, 3.63) is 182 Å². The molecule has 0 radical (unpaired) electrons. The van der Waals surface area contributed by atoms with Crippen LogP contribution in [0.25, 0.3) is 99.2 Å². The number of nitrogens with zero attached hydrogens (tertiary/aromatic N) is 2. The lowest BCUT2D eigenvalue weighted by Gasteiger charge is -2.10. The fourth-order valence-corrected chi connectivity index (χ4v) is 7.72. The highest BCUT2D eigenvalue weighted by atomic mass is 16.3. The van der Waals surface area contributed by atoms with Crippen LogP contribution in [0, 0.1) is 0 Å². The largest absolute Gasteiger partial charge is 0.456 e. The van der Waals surface area contributed by atoms with Crippen molar-refractivity contribution in [3.8, 4) is 33.6 Å². The van der Waals surface area contributed by atoms with Gasteiger partial charge in [-0.05, 0) is 95.0 Å². The summed E-state index contributed by atoms with van der Waals surface area (Å²) in [5.41, 5.74) is 8.06. The zero-order chi connectivity index (χ0) is 41.3. The maximum absolute atomic E-state index is 9.20. The molecule has 0 amide bonds. The van der Waals surface area contributed by atoms with Gasteiger partial charge in [0.2, 0.25) is 0 Å². The highest BCUT2D eigenvalue weighted by molar-refractivity contribution is 6.15. The minimum absolute atomic E-state index is 0.0565. The van der Waals surface area contributed by atoms with Gasteiger partial charge in [0.25, 0.3) is 0 Å². The van der Waals surface area contributed by atoms with E-state index in [1.54, 1.807) is 24.3 Å². The summed E-state index contributed by atoms with van der Waals surface area (Å²) in [6, 6.07) is 38.6. The quantitative estimate of drug-likeness (QED) is 0.184. The molecule has 0 saturated carbocycles. The summed E-state index contributed by atoms with van der Waals surface area (Å²) in [6.07, 6.45) is 0. The van der Waals surface area contributed by atoms with Crippen LogP contribution in [-0.2, 0) is 0 Å². The number of hydrogen-bond donors (Lipinski definition) is 0. The maximum Gasteiger partial charge on any atom is 0.136 e. The number of para-hydroxylation sites is 3. The molecule has 238 valence electrons. The average Bonchev–Trinajstić information content (AvgIpc) is 3.94. The second kappa shape index (κ2) is 10.8. The van der Waals surface area contributed by atoms with Gasteiger partial charge in [-0.1, -0.05) is 109 Å². The Kier molecular flexibility index (Phi) is 4.38. The normalized spacial score (nSPS) is 14.4. The van der Waals surface area contributed by atoms with E-state index >= 15 is 0 Å². The van der Waals surface area contributed by atoms with Gasteiger partial charge in [0.05, 0.1) is 34.4 Å². The molecule has 0 saturated heterocycles. The van der Waals surface area contributed by atoms with Gasteiger partial charge in [0, 0.05) is 43.7 Å². The Labute approximate surface area is 306 Å². The molecule has 8 aromatic carbocycles. The predicted octanol–water partition coefficient (Wildman–Crippen LogP) is 13.1. The fourth-order valence-electron chi connectivity index (χ4n) is 7.72. The number of rotatable bonds is 4. The molecular weight excluding hydrogens is 621 g/mol. The van der Waals surface area contributed by atoms with Crippen LogP contribution in [0.3, 0.4) is 0 Å². The molecule has 51 heavy (non-hydrogen) atoms. The van der Waals surface area contributed by atoms with Crippen LogP contribution >= 0.6 is 0 Å². The number of benzene rings is 8. The predicted molar refractivity (Wildman–Crippen MR) is 213 cm³/mol. The Morgan fingerprint density at radius 1 is 0.392 bits per heavy atom. The molecule has 0 bridgehead atoms. The lowest BCUT2D eigenvalue weighted by atomic mass is 9.99. The first-order valence-corrected chi connectivity index (χ1v) is 16.7. The molecule has 0 aliphatic carbocycles. The van der Waals surface area contributed by atoms with E-state index in [1.807, 2.05) is 65.2 Å². The second-order valence-corrected chi connectivity index (χ2v) is 12.7. The van der Waals surface area contributed by atoms with Crippen LogP contribution in [-0.4, -0.2) is 9.13 Å². The molecule has 0 atom stereocenters. The van der Waals surface area contributed by atoms with Gasteiger partial charge in [-0.2, -0.15) is 0 Å². The molecule has 3 nitrogen and oxygen atoms in total. The Hall–Kier alpha value is -6.84. The van der Waals surface area contributed by atoms with E-state index in [4.69, 9.17) is 15.4 Å². The summed E-state index contributed by atoms with van der Waals surface area (Å²) in [7, 11) is 0. The molecule has 0 aliphatic heterocycles. The molecule has 0 spiro atoms. The highest BCUT2D eigenvalue weighted by Gasteiger charge is 2.18. The van der Waals surface area contributed by atoms with E-state index in [9.17, 15) is 1.37 Å². The Morgan fingerprint density at radius 3 is 1.90 bits per heavy atom. The van der Waals surface area contributed by atoms with E-state index < -0.39 is 18.1 Å².